The molecule has 0 radical (unpaired) electrons. The number of halogens is 4. The van der Waals surface area contributed by atoms with Gasteiger partial charge in [-0.15, -0.1) is 0 Å². The first-order chi connectivity index (χ1) is 8.93. The molecule has 0 aliphatic carbocycles. The molecule has 98 valence electrons. The highest BCUT2D eigenvalue weighted by atomic mass is 35.5. The van der Waals surface area contributed by atoms with Gasteiger partial charge in [0.15, 0.2) is 0 Å². The zero-order valence-electron chi connectivity index (χ0n) is 9.12. The summed E-state index contributed by atoms with van der Waals surface area (Å²) < 4.78 is 0. The third-order valence-electron chi connectivity index (χ3n) is 2.43. The second kappa shape index (κ2) is 5.55. The zero-order valence-corrected chi connectivity index (χ0v) is 12.1. The molecule has 0 aliphatic rings. The number of hydrogen-bond donors (Lipinski definition) is 1. The smallest absolute Gasteiger partial charge is 0.336 e. The molecular formula is C12H5Cl4NO2. The van der Waals surface area contributed by atoms with Crippen LogP contribution in [0.2, 0.25) is 20.2 Å². The Bertz CT molecular complexity index is 673. The topological polar surface area (TPSA) is 50.2 Å². The molecule has 0 fully saturated rings. The molecule has 0 amide bonds. The van der Waals surface area contributed by atoms with Gasteiger partial charge in [0.05, 0.1) is 20.6 Å². The quantitative estimate of drug-likeness (QED) is 0.616. The Labute approximate surface area is 128 Å². The average molecular weight is 337 g/mol. The second-order valence-corrected chi connectivity index (χ2v) is 5.10. The van der Waals surface area contributed by atoms with Crippen molar-refractivity contribution in [2.24, 2.45) is 0 Å². The highest BCUT2D eigenvalue weighted by molar-refractivity contribution is 6.47. The summed E-state index contributed by atoms with van der Waals surface area (Å²) in [6.07, 6.45) is 1.29. The van der Waals surface area contributed by atoms with Crippen LogP contribution in [0.15, 0.2) is 24.4 Å². The van der Waals surface area contributed by atoms with Gasteiger partial charge in [0.1, 0.15) is 5.15 Å². The minimum Gasteiger partial charge on any atom is -0.478 e. The van der Waals surface area contributed by atoms with Crippen molar-refractivity contribution >= 4 is 52.4 Å². The third kappa shape index (κ3) is 2.65. The Morgan fingerprint density at radius 1 is 1.00 bits per heavy atom. The molecule has 0 atom stereocenters. The summed E-state index contributed by atoms with van der Waals surface area (Å²) in [6, 6.07) is 4.34. The number of aromatic carboxylic acids is 1. The minimum atomic E-state index is -1.16. The molecule has 0 unspecified atom stereocenters. The highest BCUT2D eigenvalue weighted by Crippen LogP contribution is 2.42. The van der Waals surface area contributed by atoms with Gasteiger partial charge in [-0.05, 0) is 18.2 Å². The maximum absolute atomic E-state index is 11.2. The molecule has 2 rings (SSSR count). The molecule has 1 aromatic heterocycles. The third-order valence-corrected chi connectivity index (χ3v) is 3.83. The van der Waals surface area contributed by atoms with Crippen molar-refractivity contribution in [2.45, 2.75) is 0 Å². The van der Waals surface area contributed by atoms with Gasteiger partial charge in [0, 0.05) is 17.3 Å². The largest absolute Gasteiger partial charge is 0.478 e. The fraction of sp³-hybridized carbons (Fsp3) is 0. The first-order valence-electron chi connectivity index (χ1n) is 4.95. The van der Waals surface area contributed by atoms with Crippen molar-refractivity contribution in [3.05, 3.63) is 50.2 Å². The first kappa shape index (κ1) is 14.4. The van der Waals surface area contributed by atoms with Crippen LogP contribution in [0.25, 0.3) is 11.1 Å². The lowest BCUT2D eigenvalue weighted by Gasteiger charge is -2.12. The van der Waals surface area contributed by atoms with Crippen LogP contribution < -0.4 is 0 Å². The number of pyridine rings is 1. The van der Waals surface area contributed by atoms with Crippen molar-refractivity contribution in [3.63, 3.8) is 0 Å². The SMILES string of the molecule is O=C(O)c1ccnc(Cl)c1-c1c(Cl)ccc(Cl)c1Cl. The van der Waals surface area contributed by atoms with E-state index < -0.39 is 5.97 Å². The summed E-state index contributed by atoms with van der Waals surface area (Å²) in [7, 11) is 0. The van der Waals surface area contributed by atoms with Gasteiger partial charge in [-0.3, -0.25) is 0 Å². The Morgan fingerprint density at radius 3 is 2.26 bits per heavy atom. The van der Waals surface area contributed by atoms with Gasteiger partial charge >= 0.3 is 5.97 Å². The van der Waals surface area contributed by atoms with E-state index in [4.69, 9.17) is 46.4 Å². The summed E-state index contributed by atoms with van der Waals surface area (Å²) in [5, 5.41) is 9.81. The van der Waals surface area contributed by atoms with Crippen LogP contribution in [0.3, 0.4) is 0 Å². The van der Waals surface area contributed by atoms with E-state index in [-0.39, 0.29) is 36.9 Å². The van der Waals surface area contributed by atoms with Crippen molar-refractivity contribution in [2.75, 3.05) is 0 Å². The molecule has 2 aromatic rings. The van der Waals surface area contributed by atoms with Crippen molar-refractivity contribution in [1.82, 2.24) is 4.98 Å². The lowest BCUT2D eigenvalue weighted by molar-refractivity contribution is 0.0697. The van der Waals surface area contributed by atoms with Gasteiger partial charge in [0.2, 0.25) is 0 Å². The van der Waals surface area contributed by atoms with Crippen molar-refractivity contribution in [1.29, 1.82) is 0 Å². The van der Waals surface area contributed by atoms with E-state index in [1.54, 1.807) is 0 Å². The normalized spacial score (nSPS) is 10.5. The van der Waals surface area contributed by atoms with E-state index in [1.807, 2.05) is 0 Å². The number of carboxylic acid groups (broad SMARTS) is 1. The van der Waals surface area contributed by atoms with Crippen LogP contribution in [0, 0.1) is 0 Å². The maximum Gasteiger partial charge on any atom is 0.336 e. The minimum absolute atomic E-state index is 0.00836. The van der Waals surface area contributed by atoms with Gasteiger partial charge in [-0.1, -0.05) is 46.4 Å². The lowest BCUT2D eigenvalue weighted by Crippen LogP contribution is -2.02. The summed E-state index contributed by atoms with van der Waals surface area (Å²) in [5.41, 5.74) is 0.353. The Kier molecular flexibility index (Phi) is 4.21. The molecule has 0 bridgehead atoms. The number of carbonyl (C=O) groups is 1. The molecule has 0 saturated heterocycles. The van der Waals surface area contributed by atoms with Crippen LogP contribution in [0.4, 0.5) is 0 Å². The van der Waals surface area contributed by atoms with Crippen molar-refractivity contribution in [3.8, 4) is 11.1 Å². The summed E-state index contributed by atoms with van der Waals surface area (Å²) >= 11 is 24.0. The van der Waals surface area contributed by atoms with E-state index >= 15 is 0 Å². The summed E-state index contributed by atoms with van der Waals surface area (Å²) in [6.45, 7) is 0. The van der Waals surface area contributed by atoms with Gasteiger partial charge in [0.25, 0.3) is 0 Å². The van der Waals surface area contributed by atoms with E-state index in [0.29, 0.717) is 0 Å². The number of aromatic nitrogens is 1. The second-order valence-electron chi connectivity index (χ2n) is 3.55. The average Bonchev–Trinajstić information content (AvgIpc) is 2.36. The molecule has 1 aromatic carbocycles. The Morgan fingerprint density at radius 2 is 1.63 bits per heavy atom. The molecular weight excluding hydrogens is 332 g/mol. The number of nitrogens with zero attached hydrogens (tertiary/aromatic N) is 1. The molecule has 19 heavy (non-hydrogen) atoms. The van der Waals surface area contributed by atoms with E-state index in [0.717, 1.165) is 0 Å². The molecule has 1 N–H and O–H groups in total. The van der Waals surface area contributed by atoms with Crippen LogP contribution in [0.5, 0.6) is 0 Å². The van der Waals surface area contributed by atoms with E-state index in [2.05, 4.69) is 4.98 Å². The fourth-order valence-electron chi connectivity index (χ4n) is 1.61. The van der Waals surface area contributed by atoms with Crippen LogP contribution >= 0.6 is 46.4 Å². The fourth-order valence-corrected chi connectivity index (χ4v) is 2.58. The zero-order chi connectivity index (χ0) is 14.2. The van der Waals surface area contributed by atoms with Crippen LogP contribution in [-0.2, 0) is 0 Å². The van der Waals surface area contributed by atoms with Crippen LogP contribution in [0.1, 0.15) is 10.4 Å². The number of benzene rings is 1. The molecule has 1 heterocycles. The lowest BCUT2D eigenvalue weighted by atomic mass is 10.0. The molecule has 0 aliphatic heterocycles. The predicted molar refractivity (Wildman–Crippen MR) is 76.7 cm³/mol. The highest BCUT2D eigenvalue weighted by Gasteiger charge is 2.21. The molecule has 3 nitrogen and oxygen atoms in total. The monoisotopic (exact) mass is 335 g/mol. The Balaban J connectivity index is 2.87. The van der Waals surface area contributed by atoms with Gasteiger partial charge < -0.3 is 5.11 Å². The van der Waals surface area contributed by atoms with E-state index in [1.165, 1.54) is 24.4 Å². The number of carboxylic acids is 1. The number of rotatable bonds is 2. The molecule has 0 spiro atoms. The van der Waals surface area contributed by atoms with Gasteiger partial charge in [-0.25, -0.2) is 9.78 Å². The molecule has 0 saturated carbocycles. The number of hydrogen-bond acceptors (Lipinski definition) is 2. The van der Waals surface area contributed by atoms with E-state index in [9.17, 15) is 9.90 Å². The summed E-state index contributed by atoms with van der Waals surface area (Å²) in [4.78, 5) is 15.1. The van der Waals surface area contributed by atoms with Gasteiger partial charge in [-0.2, -0.15) is 0 Å². The molecule has 7 heteroatoms. The maximum atomic E-state index is 11.2. The summed E-state index contributed by atoms with van der Waals surface area (Å²) in [5.74, 6) is -1.16. The Hall–Kier alpha value is -1.000. The predicted octanol–water partition coefficient (Wildman–Crippen LogP) is 5.06. The van der Waals surface area contributed by atoms with Crippen LogP contribution in [-0.4, -0.2) is 16.1 Å². The standard InChI is InChI=1S/C12H5Cl4NO2/c13-6-1-2-7(14)10(15)9(6)8-5(12(18)19)3-4-17-11(8)16/h1-4H,(H,18,19). The first-order valence-corrected chi connectivity index (χ1v) is 6.46. The van der Waals surface area contributed by atoms with Crippen molar-refractivity contribution < 1.29 is 9.90 Å².